The van der Waals surface area contributed by atoms with E-state index in [2.05, 4.69) is 27.0 Å². The number of hydrogen-bond donors (Lipinski definition) is 0. The molecule has 0 spiro atoms. The maximum absolute atomic E-state index is 12.4. The maximum Gasteiger partial charge on any atom is 0.281 e. The van der Waals surface area contributed by atoms with Crippen LogP contribution in [0.1, 0.15) is 80.1 Å². The molecule has 256 valence electrons. The fourth-order valence-corrected chi connectivity index (χ4v) is 6.06. The highest BCUT2D eigenvalue weighted by Gasteiger charge is 2.43. The van der Waals surface area contributed by atoms with Crippen LogP contribution in [0.2, 0.25) is 0 Å². The van der Waals surface area contributed by atoms with Gasteiger partial charge < -0.3 is 0 Å². The Morgan fingerprint density at radius 2 is 0.812 bits per heavy atom. The molecule has 0 aliphatic heterocycles. The van der Waals surface area contributed by atoms with Crippen LogP contribution < -0.4 is 0 Å². The average Bonchev–Trinajstić information content (AvgIpc) is 3.01. The van der Waals surface area contributed by atoms with Gasteiger partial charge in [0.1, 0.15) is 0 Å². The second-order valence-electron chi connectivity index (χ2n) is 13.9. The second kappa shape index (κ2) is 15.5. The highest BCUT2D eigenvalue weighted by atomic mass is 16.2. The molecule has 48 heavy (non-hydrogen) atoms. The minimum absolute atomic E-state index is 0.206. The van der Waals surface area contributed by atoms with Gasteiger partial charge in [0.25, 0.3) is 40.5 Å². The van der Waals surface area contributed by atoms with Gasteiger partial charge in [0, 0.05) is 11.8 Å². The molecule has 11 heteroatoms. The Morgan fingerprint density at radius 3 is 1.10 bits per heavy atom. The third-order valence-electron chi connectivity index (χ3n) is 10.2. The highest BCUT2D eigenvalue weighted by Crippen LogP contribution is 2.48. The summed E-state index contributed by atoms with van der Waals surface area (Å²) in [6.45, 7) is 20.2. The van der Waals surface area contributed by atoms with Gasteiger partial charge in [-0.3, -0.25) is 52.7 Å². The van der Waals surface area contributed by atoms with Crippen LogP contribution in [-0.2, 0) is 52.7 Å². The largest absolute Gasteiger partial charge is 0.294 e. The first kappa shape index (κ1) is 39.5. The Labute approximate surface area is 279 Å². The number of ketones is 11. The van der Waals surface area contributed by atoms with E-state index in [1.54, 1.807) is 12.2 Å². The summed E-state index contributed by atoms with van der Waals surface area (Å²) >= 11 is 0. The number of allylic oxidation sites excluding steroid dienone is 6. The summed E-state index contributed by atoms with van der Waals surface area (Å²) in [4.78, 5) is 135. The Balaban J connectivity index is 1.98. The zero-order chi connectivity index (χ0) is 36.9. The number of Topliss-reactive ketones (excluding diaryl/α,β-unsaturated/α-hetero) is 9. The molecule has 0 aromatic carbocycles. The van der Waals surface area contributed by atoms with Crippen molar-refractivity contribution in [3.63, 3.8) is 0 Å². The lowest BCUT2D eigenvalue weighted by atomic mass is 9.61. The fourth-order valence-electron chi connectivity index (χ4n) is 6.06. The number of hydrogen-bond acceptors (Lipinski definition) is 11. The molecule has 2 aliphatic carbocycles. The molecule has 0 aromatic rings. The average molecular weight is 663 g/mol. The third-order valence-corrected chi connectivity index (χ3v) is 10.2. The van der Waals surface area contributed by atoms with Crippen molar-refractivity contribution >= 4 is 63.6 Å². The van der Waals surface area contributed by atoms with Crippen LogP contribution in [-0.4, -0.2) is 63.6 Å². The van der Waals surface area contributed by atoms with Crippen LogP contribution in [0.25, 0.3) is 0 Å². The first-order valence-electron chi connectivity index (χ1n) is 15.7. The molecule has 0 heterocycles. The summed E-state index contributed by atoms with van der Waals surface area (Å²) in [7, 11) is 0. The van der Waals surface area contributed by atoms with E-state index >= 15 is 0 Å². The monoisotopic (exact) mass is 662 g/mol. The van der Waals surface area contributed by atoms with E-state index in [9.17, 15) is 52.7 Å². The molecule has 2 aliphatic rings. The lowest BCUT2D eigenvalue weighted by molar-refractivity contribution is -0.155. The molecule has 11 nitrogen and oxygen atoms in total. The Morgan fingerprint density at radius 1 is 0.542 bits per heavy atom. The van der Waals surface area contributed by atoms with Crippen molar-refractivity contribution in [2.24, 2.45) is 34.5 Å². The summed E-state index contributed by atoms with van der Waals surface area (Å²) in [6.07, 6.45) is 6.30. The topological polar surface area (TPSA) is 188 Å². The van der Waals surface area contributed by atoms with E-state index in [0.29, 0.717) is 11.8 Å². The number of rotatable bonds is 16. The Hall–Kier alpha value is -4.67. The van der Waals surface area contributed by atoms with Crippen molar-refractivity contribution in [1.82, 2.24) is 0 Å². The van der Waals surface area contributed by atoms with Crippen molar-refractivity contribution in [3.05, 3.63) is 48.6 Å². The van der Waals surface area contributed by atoms with E-state index in [-0.39, 0.29) is 22.7 Å². The predicted molar refractivity (Wildman–Crippen MR) is 172 cm³/mol. The van der Waals surface area contributed by atoms with E-state index in [0.717, 1.165) is 49.0 Å². The molecule has 0 bridgehead atoms. The van der Waals surface area contributed by atoms with Gasteiger partial charge >= 0.3 is 0 Å². The molecule has 0 saturated heterocycles. The summed E-state index contributed by atoms with van der Waals surface area (Å²) in [5.74, 6) is -20.8. The van der Waals surface area contributed by atoms with Crippen LogP contribution in [0.15, 0.2) is 48.6 Å². The van der Waals surface area contributed by atoms with Crippen LogP contribution >= 0.6 is 0 Å². The quantitative estimate of drug-likeness (QED) is 0.102. The van der Waals surface area contributed by atoms with Gasteiger partial charge in [-0.25, -0.2) is 0 Å². The van der Waals surface area contributed by atoms with Crippen molar-refractivity contribution in [3.8, 4) is 0 Å². The second-order valence-corrected chi connectivity index (χ2v) is 13.9. The van der Waals surface area contributed by atoms with Crippen LogP contribution in [0.3, 0.4) is 0 Å². The third kappa shape index (κ3) is 8.81. The summed E-state index contributed by atoms with van der Waals surface area (Å²) in [5.41, 5.74) is 1.26. The predicted octanol–water partition coefficient (Wildman–Crippen LogP) is 3.40. The molecule has 2 fully saturated rings. The van der Waals surface area contributed by atoms with Gasteiger partial charge in [0.05, 0.1) is 12.8 Å². The highest BCUT2D eigenvalue weighted by molar-refractivity contribution is 7.00. The summed E-state index contributed by atoms with van der Waals surface area (Å²) in [6, 6.07) is 0. The number of carbonyl (C=O) groups excluding carboxylic acids is 11. The van der Waals surface area contributed by atoms with Crippen molar-refractivity contribution in [1.29, 1.82) is 0 Å². The van der Waals surface area contributed by atoms with E-state index < -0.39 is 76.5 Å². The smallest absolute Gasteiger partial charge is 0.281 e. The maximum atomic E-state index is 12.4. The van der Waals surface area contributed by atoms with Gasteiger partial charge in [-0.15, -0.1) is 0 Å². The summed E-state index contributed by atoms with van der Waals surface area (Å²) in [5, 5.41) is 0. The van der Waals surface area contributed by atoms with Crippen LogP contribution in [0, 0.1) is 34.5 Å². The van der Waals surface area contributed by atoms with Gasteiger partial charge in [-0.05, 0) is 60.5 Å². The normalized spacial score (nSPS) is 23.4. The molecule has 4 atom stereocenters. The molecule has 0 aromatic heterocycles. The molecular weight excluding hydrogens is 620 g/mol. The van der Waals surface area contributed by atoms with E-state index in [1.807, 2.05) is 27.7 Å². The molecule has 0 N–H and O–H groups in total. The zero-order valence-electron chi connectivity index (χ0n) is 28.3. The van der Waals surface area contributed by atoms with Gasteiger partial charge in [0.2, 0.25) is 11.6 Å². The van der Waals surface area contributed by atoms with Gasteiger partial charge in [-0.1, -0.05) is 78.0 Å². The molecule has 2 rings (SSSR count). The van der Waals surface area contributed by atoms with Crippen LogP contribution in [0.4, 0.5) is 0 Å². The van der Waals surface area contributed by atoms with Gasteiger partial charge in [0.15, 0.2) is 11.6 Å². The molecule has 0 radical (unpaired) electrons. The molecular formula is C37H42O11. The van der Waals surface area contributed by atoms with Crippen molar-refractivity contribution in [2.45, 2.75) is 80.1 Å². The van der Waals surface area contributed by atoms with E-state index in [4.69, 9.17) is 0 Å². The molecule has 0 unspecified atom stereocenters. The zero-order valence-corrected chi connectivity index (χ0v) is 28.3. The SMILES string of the molecule is C=C1CC[C@@H](C)C(C)(C)[C@@H]1/C=C/C(=O)CC(=O)C(=O)C(=O)C(=O)C(=O)C(=O)C(=O)C(=O)C(=O)CC(=O)/C=C/[C@@H]1C(=C)CC[C@H](C)C1(C)C. The first-order chi connectivity index (χ1) is 22.0. The molecule has 2 saturated carbocycles. The molecule has 0 amide bonds. The minimum Gasteiger partial charge on any atom is -0.294 e. The van der Waals surface area contributed by atoms with E-state index in [1.165, 1.54) is 0 Å². The lowest BCUT2D eigenvalue weighted by Crippen LogP contribution is -2.43. The fraction of sp³-hybridized carbons (Fsp3) is 0.486. The first-order valence-corrected chi connectivity index (χ1v) is 15.7. The van der Waals surface area contributed by atoms with Crippen LogP contribution in [0.5, 0.6) is 0 Å². The van der Waals surface area contributed by atoms with Crippen molar-refractivity contribution in [2.75, 3.05) is 0 Å². The summed E-state index contributed by atoms with van der Waals surface area (Å²) < 4.78 is 0. The Bertz CT molecular complexity index is 1480. The number of carbonyl (C=O) groups is 11. The standard InChI is InChI=1S/C37H42O11/c1-19-9-11-21(3)36(5,6)25(19)15-13-23(38)17-27(40)29(42)31(44)33(46)35(48)34(47)32(45)30(43)28(41)18-24(39)14-16-26-20(2)10-12-22(4)37(26,7)8/h13-16,21-22,25-26H,1-2,9-12,17-18H2,3-8H3/b15-13+,16-14+/t21-,22+,25-,26-/m1/s1. The van der Waals surface area contributed by atoms with Gasteiger partial charge in [-0.2, -0.15) is 0 Å². The Kier molecular flexibility index (Phi) is 12.7. The van der Waals surface area contributed by atoms with Crippen molar-refractivity contribution < 1.29 is 52.7 Å². The minimum atomic E-state index is -2.43. The lowest BCUT2D eigenvalue weighted by Gasteiger charge is -2.44.